The number of carbonyl (C=O) groups is 1. The Morgan fingerprint density at radius 1 is 1.31 bits per heavy atom. The second-order valence-corrected chi connectivity index (χ2v) is 7.70. The smallest absolute Gasteiger partial charge is 0.289 e. The van der Waals surface area contributed by atoms with E-state index in [-0.39, 0.29) is 5.24 Å². The standard InChI is InChI=1S/C19H15BrN4OS/c1-21-18-17(26-19(25)22-18)9-12-6-7-16-14(8-12)11-24(23-16)10-13-4-2-3-5-15(13)20/h2-9,11H,10H2,1H3,(H,21,22,25)/b17-9-. The third-order valence-corrected chi connectivity index (χ3v) is 5.64. The zero-order valence-corrected chi connectivity index (χ0v) is 16.3. The van der Waals surface area contributed by atoms with E-state index in [1.54, 1.807) is 7.05 Å². The van der Waals surface area contributed by atoms with E-state index in [0.717, 1.165) is 37.6 Å². The molecule has 1 aliphatic rings. The molecule has 3 aromatic rings. The first kappa shape index (κ1) is 17.1. The van der Waals surface area contributed by atoms with Crippen LogP contribution in [-0.4, -0.2) is 27.9 Å². The van der Waals surface area contributed by atoms with Gasteiger partial charge in [0, 0.05) is 23.1 Å². The predicted molar refractivity (Wildman–Crippen MR) is 110 cm³/mol. The van der Waals surface area contributed by atoms with Crippen LogP contribution in [0.5, 0.6) is 0 Å². The maximum atomic E-state index is 11.5. The number of amides is 1. The van der Waals surface area contributed by atoms with Crippen molar-refractivity contribution in [3.8, 4) is 0 Å². The minimum absolute atomic E-state index is 0.0980. The molecule has 0 radical (unpaired) electrons. The molecule has 1 aromatic heterocycles. The van der Waals surface area contributed by atoms with Crippen molar-refractivity contribution in [1.29, 1.82) is 0 Å². The second kappa shape index (κ2) is 7.09. The van der Waals surface area contributed by atoms with Gasteiger partial charge in [0.05, 0.1) is 17.0 Å². The zero-order valence-electron chi connectivity index (χ0n) is 13.9. The Morgan fingerprint density at radius 2 is 2.15 bits per heavy atom. The third-order valence-electron chi connectivity index (χ3n) is 4.04. The van der Waals surface area contributed by atoms with Crippen LogP contribution >= 0.6 is 27.7 Å². The summed E-state index contributed by atoms with van der Waals surface area (Å²) < 4.78 is 3.02. The van der Waals surface area contributed by atoms with Crippen LogP contribution in [0.15, 0.2) is 63.0 Å². The minimum Gasteiger partial charge on any atom is -0.300 e. The number of hydrogen-bond donors (Lipinski definition) is 1. The van der Waals surface area contributed by atoms with Crippen LogP contribution < -0.4 is 5.32 Å². The van der Waals surface area contributed by atoms with Gasteiger partial charge in [0.15, 0.2) is 0 Å². The second-order valence-electron chi connectivity index (χ2n) is 5.83. The van der Waals surface area contributed by atoms with Crippen molar-refractivity contribution in [2.75, 3.05) is 7.05 Å². The van der Waals surface area contributed by atoms with Gasteiger partial charge in [-0.05, 0) is 47.2 Å². The normalized spacial score (nSPS) is 17.4. The highest BCUT2D eigenvalue weighted by molar-refractivity contribution is 9.10. The van der Waals surface area contributed by atoms with Gasteiger partial charge >= 0.3 is 0 Å². The number of fused-ring (bicyclic) bond motifs is 1. The van der Waals surface area contributed by atoms with Gasteiger partial charge in [-0.1, -0.05) is 40.2 Å². The van der Waals surface area contributed by atoms with Crippen LogP contribution in [0.4, 0.5) is 4.79 Å². The summed E-state index contributed by atoms with van der Waals surface area (Å²) >= 11 is 4.74. The summed E-state index contributed by atoms with van der Waals surface area (Å²) in [5.74, 6) is 0.615. The predicted octanol–water partition coefficient (Wildman–Crippen LogP) is 4.67. The number of aromatic nitrogens is 2. The summed E-state index contributed by atoms with van der Waals surface area (Å²) in [5.41, 5.74) is 3.13. The molecule has 1 N–H and O–H groups in total. The number of benzene rings is 2. The summed E-state index contributed by atoms with van der Waals surface area (Å²) in [6.45, 7) is 0.702. The molecule has 1 saturated heterocycles. The average Bonchev–Trinajstić information content (AvgIpc) is 3.19. The number of nitrogens with one attached hydrogen (secondary N) is 1. The van der Waals surface area contributed by atoms with Crippen LogP contribution in [0.3, 0.4) is 0 Å². The van der Waals surface area contributed by atoms with E-state index in [4.69, 9.17) is 0 Å². The Kier molecular flexibility index (Phi) is 4.65. The van der Waals surface area contributed by atoms with E-state index in [9.17, 15) is 4.79 Å². The molecule has 0 atom stereocenters. The number of hydrogen-bond acceptors (Lipinski definition) is 4. The maximum absolute atomic E-state index is 11.5. The molecule has 1 fully saturated rings. The first-order valence-corrected chi connectivity index (χ1v) is 9.61. The molecule has 0 saturated carbocycles. The van der Waals surface area contributed by atoms with Crippen molar-refractivity contribution >= 4 is 55.7 Å². The van der Waals surface area contributed by atoms with Crippen molar-refractivity contribution < 1.29 is 4.79 Å². The van der Waals surface area contributed by atoms with E-state index in [1.807, 2.05) is 47.3 Å². The number of nitrogens with zero attached hydrogens (tertiary/aromatic N) is 3. The molecule has 2 heterocycles. The van der Waals surface area contributed by atoms with Crippen LogP contribution in [-0.2, 0) is 6.54 Å². The van der Waals surface area contributed by atoms with E-state index < -0.39 is 0 Å². The summed E-state index contributed by atoms with van der Waals surface area (Å²) in [4.78, 5) is 16.5. The number of amidine groups is 1. The van der Waals surface area contributed by atoms with Gasteiger partial charge < -0.3 is 5.32 Å². The highest BCUT2D eigenvalue weighted by Crippen LogP contribution is 2.27. The van der Waals surface area contributed by atoms with Gasteiger partial charge in [0.1, 0.15) is 5.84 Å². The Morgan fingerprint density at radius 3 is 2.96 bits per heavy atom. The number of thioether (sulfide) groups is 1. The van der Waals surface area contributed by atoms with Gasteiger partial charge in [-0.25, -0.2) is 0 Å². The molecule has 0 aliphatic carbocycles. The highest BCUT2D eigenvalue weighted by Gasteiger charge is 2.22. The van der Waals surface area contributed by atoms with Crippen molar-refractivity contribution in [3.63, 3.8) is 0 Å². The monoisotopic (exact) mass is 426 g/mol. The largest absolute Gasteiger partial charge is 0.300 e. The lowest BCUT2D eigenvalue weighted by atomic mass is 10.1. The van der Waals surface area contributed by atoms with E-state index in [1.165, 1.54) is 5.56 Å². The fraction of sp³-hybridized carbons (Fsp3) is 0.105. The lowest BCUT2D eigenvalue weighted by molar-refractivity contribution is 0.265. The summed E-state index contributed by atoms with van der Waals surface area (Å²) in [6.07, 6.45) is 4.01. The number of aliphatic imine (C=N–C) groups is 1. The van der Waals surface area contributed by atoms with Crippen molar-refractivity contribution in [2.24, 2.45) is 4.99 Å². The Balaban J connectivity index is 1.64. The fourth-order valence-electron chi connectivity index (χ4n) is 2.81. The first-order valence-electron chi connectivity index (χ1n) is 8.01. The Labute approximate surface area is 163 Å². The average molecular weight is 427 g/mol. The molecule has 4 rings (SSSR count). The molecule has 1 amide bonds. The van der Waals surface area contributed by atoms with Crippen LogP contribution in [0.2, 0.25) is 0 Å². The van der Waals surface area contributed by atoms with Crippen molar-refractivity contribution in [2.45, 2.75) is 6.54 Å². The van der Waals surface area contributed by atoms with Gasteiger partial charge in [-0.3, -0.25) is 14.5 Å². The summed E-state index contributed by atoms with van der Waals surface area (Å²) in [5, 5.41) is 8.34. The molecule has 130 valence electrons. The maximum Gasteiger partial charge on any atom is 0.289 e. The van der Waals surface area contributed by atoms with E-state index in [0.29, 0.717) is 12.4 Å². The fourth-order valence-corrected chi connectivity index (χ4v) is 4.01. The summed E-state index contributed by atoms with van der Waals surface area (Å²) in [6, 6.07) is 14.2. The zero-order chi connectivity index (χ0) is 18.1. The Hall–Kier alpha value is -2.38. The van der Waals surface area contributed by atoms with Crippen LogP contribution in [0, 0.1) is 0 Å². The third kappa shape index (κ3) is 3.45. The van der Waals surface area contributed by atoms with Crippen LogP contribution in [0.1, 0.15) is 11.1 Å². The number of carbonyl (C=O) groups excluding carboxylic acids is 1. The molecule has 26 heavy (non-hydrogen) atoms. The highest BCUT2D eigenvalue weighted by atomic mass is 79.9. The van der Waals surface area contributed by atoms with Gasteiger partial charge in [-0.2, -0.15) is 5.10 Å². The molecular formula is C19H15BrN4OS. The Bertz CT molecular complexity index is 1070. The quantitative estimate of drug-likeness (QED) is 0.661. The molecular weight excluding hydrogens is 412 g/mol. The van der Waals surface area contributed by atoms with Gasteiger partial charge in [0.2, 0.25) is 0 Å². The molecule has 5 nitrogen and oxygen atoms in total. The van der Waals surface area contributed by atoms with Gasteiger partial charge in [-0.15, -0.1) is 0 Å². The lowest BCUT2D eigenvalue weighted by Gasteiger charge is -2.03. The van der Waals surface area contributed by atoms with Crippen molar-refractivity contribution in [3.05, 3.63) is 69.2 Å². The SMILES string of the molecule is CN=C1NC(=O)S/C1=C\c1ccc2nn(Cc3ccccc3Br)cc2c1. The molecule has 0 bridgehead atoms. The number of rotatable bonds is 3. The van der Waals surface area contributed by atoms with E-state index in [2.05, 4.69) is 43.5 Å². The lowest BCUT2D eigenvalue weighted by Crippen LogP contribution is -2.18. The van der Waals surface area contributed by atoms with Crippen LogP contribution in [0.25, 0.3) is 17.0 Å². The molecule has 0 spiro atoms. The summed E-state index contributed by atoms with van der Waals surface area (Å²) in [7, 11) is 1.67. The number of halogens is 1. The van der Waals surface area contributed by atoms with Gasteiger partial charge in [0.25, 0.3) is 5.24 Å². The van der Waals surface area contributed by atoms with E-state index >= 15 is 0 Å². The topological polar surface area (TPSA) is 59.3 Å². The minimum atomic E-state index is -0.0980. The molecule has 7 heteroatoms. The molecule has 2 aromatic carbocycles. The molecule has 0 unspecified atom stereocenters. The first-order chi connectivity index (χ1) is 12.6. The van der Waals surface area contributed by atoms with Crippen molar-refractivity contribution in [1.82, 2.24) is 15.1 Å². The molecule has 1 aliphatic heterocycles.